The molecule has 2 aliphatic rings. The Morgan fingerprint density at radius 1 is 1.24 bits per heavy atom. The van der Waals surface area contributed by atoms with Crippen LogP contribution in [0.25, 0.3) is 11.6 Å². The predicted octanol–water partition coefficient (Wildman–Crippen LogP) is 1.53. The Balaban J connectivity index is 1.45. The van der Waals surface area contributed by atoms with Gasteiger partial charge in [0.05, 0.1) is 11.7 Å². The summed E-state index contributed by atoms with van der Waals surface area (Å²) in [4.78, 5) is 18.8. The van der Waals surface area contributed by atoms with Crippen LogP contribution in [-0.2, 0) is 22.0 Å². The van der Waals surface area contributed by atoms with Crippen molar-refractivity contribution in [2.75, 3.05) is 19.7 Å². The Kier molecular flexibility index (Phi) is 3.68. The monoisotopic (exact) mass is 345 g/mol. The van der Waals surface area contributed by atoms with Crippen LogP contribution in [0.2, 0.25) is 0 Å². The van der Waals surface area contributed by atoms with E-state index in [0.29, 0.717) is 37.2 Å². The average Bonchev–Trinajstić information content (AvgIpc) is 3.21. The van der Waals surface area contributed by atoms with Crippen molar-refractivity contribution in [3.8, 4) is 11.6 Å². The normalized spacial score (nSPS) is 25.6. The first-order chi connectivity index (χ1) is 11.9. The predicted molar refractivity (Wildman–Crippen MR) is 88.6 cm³/mol. The molecule has 8 heteroatoms. The Labute approximate surface area is 146 Å². The van der Waals surface area contributed by atoms with Crippen molar-refractivity contribution in [2.45, 2.75) is 44.1 Å². The van der Waals surface area contributed by atoms with Gasteiger partial charge in [-0.25, -0.2) is 4.98 Å². The van der Waals surface area contributed by atoms with E-state index in [1.807, 2.05) is 36.6 Å². The van der Waals surface area contributed by atoms with Crippen molar-refractivity contribution < 1.29 is 13.9 Å². The summed E-state index contributed by atoms with van der Waals surface area (Å²) in [6.07, 6.45) is 6.36. The van der Waals surface area contributed by atoms with Gasteiger partial charge in [-0.3, -0.25) is 4.79 Å². The van der Waals surface area contributed by atoms with E-state index in [0.717, 1.165) is 19.3 Å². The van der Waals surface area contributed by atoms with E-state index >= 15 is 0 Å². The minimum absolute atomic E-state index is 0.0640. The first-order valence-corrected chi connectivity index (χ1v) is 8.65. The van der Waals surface area contributed by atoms with Crippen LogP contribution in [0.4, 0.5) is 0 Å². The van der Waals surface area contributed by atoms with Gasteiger partial charge in [0.15, 0.2) is 0 Å². The number of hydrogen-bond donors (Lipinski definition) is 0. The van der Waals surface area contributed by atoms with E-state index < -0.39 is 5.60 Å². The topological polar surface area (TPSA) is 86.3 Å². The molecule has 2 fully saturated rings. The molecule has 2 saturated heterocycles. The van der Waals surface area contributed by atoms with Gasteiger partial charge in [0.1, 0.15) is 11.3 Å². The minimum Gasteiger partial charge on any atom is -0.418 e. The Morgan fingerprint density at radius 3 is 2.68 bits per heavy atom. The fourth-order valence-corrected chi connectivity index (χ4v) is 3.61. The highest BCUT2D eigenvalue weighted by molar-refractivity contribution is 5.86. The molecular formula is C17H23N5O3. The number of amides is 1. The molecule has 0 spiro atoms. The standard InChI is InChI=1S/C17H23N5O3/c1-16(14-20-19-13(25-14)12-8-21(3)11-18-12)9-22(10-16)15(23)17(2)6-4-5-7-24-17/h8,11H,4-7,9-10H2,1-3H3. The van der Waals surface area contributed by atoms with E-state index in [4.69, 9.17) is 9.15 Å². The summed E-state index contributed by atoms with van der Waals surface area (Å²) >= 11 is 0. The SMILES string of the molecule is Cn1cnc(-c2nnc(C3(C)CN(C(=O)C4(C)CCCCO4)C3)o2)c1. The fraction of sp³-hybridized carbons (Fsp3) is 0.647. The number of aryl methyl sites for hydroxylation is 1. The van der Waals surface area contributed by atoms with Crippen molar-refractivity contribution >= 4 is 5.91 Å². The van der Waals surface area contributed by atoms with Crippen molar-refractivity contribution in [3.63, 3.8) is 0 Å². The lowest BCUT2D eigenvalue weighted by Crippen LogP contribution is -2.64. The largest absolute Gasteiger partial charge is 0.418 e. The van der Waals surface area contributed by atoms with E-state index in [-0.39, 0.29) is 11.3 Å². The summed E-state index contributed by atoms with van der Waals surface area (Å²) < 4.78 is 13.4. The third-order valence-corrected chi connectivity index (χ3v) is 5.15. The van der Waals surface area contributed by atoms with Gasteiger partial charge < -0.3 is 18.6 Å². The maximum atomic E-state index is 12.8. The second-order valence-electron chi connectivity index (χ2n) is 7.60. The quantitative estimate of drug-likeness (QED) is 0.838. The number of nitrogens with zero attached hydrogens (tertiary/aromatic N) is 5. The van der Waals surface area contributed by atoms with Crippen molar-refractivity contribution in [1.29, 1.82) is 0 Å². The highest BCUT2D eigenvalue weighted by Gasteiger charge is 2.51. The summed E-state index contributed by atoms with van der Waals surface area (Å²) in [6, 6.07) is 0. The smallest absolute Gasteiger partial charge is 0.267 e. The summed E-state index contributed by atoms with van der Waals surface area (Å²) in [7, 11) is 1.89. The molecule has 2 aromatic rings. The number of carbonyl (C=O) groups excluding carboxylic acids is 1. The van der Waals surface area contributed by atoms with E-state index in [2.05, 4.69) is 15.2 Å². The maximum Gasteiger partial charge on any atom is 0.267 e. The number of likely N-dealkylation sites (tertiary alicyclic amines) is 1. The van der Waals surface area contributed by atoms with Gasteiger partial charge >= 0.3 is 0 Å². The molecule has 4 heterocycles. The molecule has 0 aliphatic carbocycles. The second-order valence-corrected chi connectivity index (χ2v) is 7.60. The van der Waals surface area contributed by atoms with Crippen LogP contribution in [0.3, 0.4) is 0 Å². The second kappa shape index (κ2) is 5.66. The summed E-state index contributed by atoms with van der Waals surface area (Å²) in [5.74, 6) is 1.02. The summed E-state index contributed by atoms with van der Waals surface area (Å²) in [5, 5.41) is 8.28. The van der Waals surface area contributed by atoms with Crippen LogP contribution in [0.15, 0.2) is 16.9 Å². The van der Waals surface area contributed by atoms with Gasteiger partial charge in [-0.1, -0.05) is 0 Å². The summed E-state index contributed by atoms with van der Waals surface area (Å²) in [6.45, 7) is 5.72. The summed E-state index contributed by atoms with van der Waals surface area (Å²) in [5.41, 5.74) is -0.353. The van der Waals surface area contributed by atoms with Crippen LogP contribution >= 0.6 is 0 Å². The molecule has 1 unspecified atom stereocenters. The molecule has 0 bridgehead atoms. The highest BCUT2D eigenvalue weighted by atomic mass is 16.5. The first kappa shape index (κ1) is 16.3. The van der Waals surface area contributed by atoms with Gasteiger partial charge in [-0.05, 0) is 33.1 Å². The zero-order valence-corrected chi connectivity index (χ0v) is 14.9. The Hall–Kier alpha value is -2.22. The highest BCUT2D eigenvalue weighted by Crippen LogP contribution is 2.37. The number of imidazole rings is 1. The fourth-order valence-electron chi connectivity index (χ4n) is 3.61. The lowest BCUT2D eigenvalue weighted by Gasteiger charge is -2.49. The van der Waals surface area contributed by atoms with Crippen LogP contribution in [0.5, 0.6) is 0 Å². The number of rotatable bonds is 3. The molecule has 0 radical (unpaired) electrons. The minimum atomic E-state index is -0.687. The van der Waals surface area contributed by atoms with Crippen LogP contribution in [-0.4, -0.2) is 55.9 Å². The molecule has 0 aromatic carbocycles. The van der Waals surface area contributed by atoms with Crippen molar-refractivity contribution in [1.82, 2.24) is 24.6 Å². The van der Waals surface area contributed by atoms with Gasteiger partial charge in [0, 0.05) is 32.9 Å². The Bertz CT molecular complexity index is 784. The first-order valence-electron chi connectivity index (χ1n) is 8.65. The zero-order chi connectivity index (χ0) is 17.7. The van der Waals surface area contributed by atoms with Crippen molar-refractivity contribution in [3.05, 3.63) is 18.4 Å². The third kappa shape index (κ3) is 2.74. The molecule has 1 amide bonds. The van der Waals surface area contributed by atoms with E-state index in [1.165, 1.54) is 0 Å². The van der Waals surface area contributed by atoms with Crippen molar-refractivity contribution in [2.24, 2.45) is 7.05 Å². The zero-order valence-electron chi connectivity index (χ0n) is 14.9. The van der Waals surface area contributed by atoms with E-state index in [1.54, 1.807) is 6.33 Å². The van der Waals surface area contributed by atoms with Crippen LogP contribution < -0.4 is 0 Å². The number of carbonyl (C=O) groups is 1. The van der Waals surface area contributed by atoms with Gasteiger partial charge in [0.2, 0.25) is 5.89 Å². The molecule has 4 rings (SSSR count). The molecule has 0 saturated carbocycles. The molecule has 2 aliphatic heterocycles. The van der Waals surface area contributed by atoms with Crippen LogP contribution in [0, 0.1) is 0 Å². The van der Waals surface area contributed by atoms with Crippen LogP contribution in [0.1, 0.15) is 39.0 Å². The molecule has 134 valence electrons. The van der Waals surface area contributed by atoms with Gasteiger partial charge in [-0.15, -0.1) is 10.2 Å². The van der Waals surface area contributed by atoms with Gasteiger partial charge in [0.25, 0.3) is 11.8 Å². The molecule has 8 nitrogen and oxygen atoms in total. The molecule has 25 heavy (non-hydrogen) atoms. The van der Waals surface area contributed by atoms with E-state index in [9.17, 15) is 4.79 Å². The molecule has 0 N–H and O–H groups in total. The lowest BCUT2D eigenvalue weighted by molar-refractivity contribution is -0.169. The lowest BCUT2D eigenvalue weighted by atomic mass is 9.80. The average molecular weight is 345 g/mol. The molecular weight excluding hydrogens is 322 g/mol. The molecule has 2 aromatic heterocycles. The van der Waals surface area contributed by atoms with Gasteiger partial charge in [-0.2, -0.15) is 0 Å². The number of aromatic nitrogens is 4. The number of hydrogen-bond acceptors (Lipinski definition) is 6. The maximum absolute atomic E-state index is 12.8. The number of ether oxygens (including phenoxy) is 1. The third-order valence-electron chi connectivity index (χ3n) is 5.15. The molecule has 1 atom stereocenters. The Morgan fingerprint density at radius 2 is 2.04 bits per heavy atom.